The van der Waals surface area contributed by atoms with Crippen LogP contribution >= 0.6 is 0 Å². The van der Waals surface area contributed by atoms with E-state index in [0.717, 1.165) is 6.07 Å². The van der Waals surface area contributed by atoms with E-state index in [-0.39, 0.29) is 13.1 Å². The fourth-order valence-electron chi connectivity index (χ4n) is 3.16. The van der Waals surface area contributed by atoms with Crippen molar-refractivity contribution in [3.8, 4) is 0 Å². The van der Waals surface area contributed by atoms with Crippen molar-refractivity contribution < 1.29 is 23.8 Å². The zero-order valence-electron chi connectivity index (χ0n) is 12.6. The average molecular weight is 313 g/mol. The van der Waals surface area contributed by atoms with Gasteiger partial charge < -0.3 is 10.2 Å². The largest absolute Gasteiger partial charge is 0.481 e. The van der Waals surface area contributed by atoms with Crippen molar-refractivity contribution in [1.29, 1.82) is 0 Å². The van der Waals surface area contributed by atoms with Gasteiger partial charge in [-0.25, -0.2) is 8.78 Å². The third-order valence-electron chi connectivity index (χ3n) is 4.47. The summed E-state index contributed by atoms with van der Waals surface area (Å²) in [7, 11) is 0. The number of hydrogen-bond acceptors (Lipinski definition) is 3. The minimum atomic E-state index is -1.12. The second kappa shape index (κ2) is 6.71. The maximum absolute atomic E-state index is 13.7. The number of β-amino-alcohol motifs (C(OH)–C–C–N with tert-alkyl or cyclic N) is 1. The van der Waals surface area contributed by atoms with Gasteiger partial charge in [-0.15, -0.1) is 0 Å². The predicted molar refractivity (Wildman–Crippen MR) is 77.2 cm³/mol. The lowest BCUT2D eigenvalue weighted by Gasteiger charge is -2.42. The van der Waals surface area contributed by atoms with Crippen molar-refractivity contribution in [3.63, 3.8) is 0 Å². The number of carbonyl (C=O) groups is 1. The molecule has 1 saturated heterocycles. The third kappa shape index (κ3) is 3.28. The molecule has 6 heteroatoms. The second-order valence-corrected chi connectivity index (χ2v) is 5.95. The van der Waals surface area contributed by atoms with E-state index < -0.39 is 29.1 Å². The molecule has 0 amide bonds. The number of nitrogens with zero attached hydrogens (tertiary/aromatic N) is 1. The van der Waals surface area contributed by atoms with Crippen LogP contribution in [-0.2, 0) is 11.3 Å². The molecule has 0 aliphatic carbocycles. The van der Waals surface area contributed by atoms with Gasteiger partial charge in [-0.1, -0.05) is 19.4 Å². The Morgan fingerprint density at radius 1 is 1.45 bits per heavy atom. The number of piperidine rings is 1. The third-order valence-corrected chi connectivity index (χ3v) is 4.47. The number of hydrogen-bond donors (Lipinski definition) is 2. The van der Waals surface area contributed by atoms with Gasteiger partial charge in [-0.05, 0) is 25.5 Å². The standard InChI is InChI=1S/C16H21F2NO3/c1-2-5-16(15(21)22)6-7-19(10-14(16)20)9-11-3-4-12(17)8-13(11)18/h3-4,8,14,20H,2,5-7,9-10H2,1H3,(H,21,22)/t14?,16-/m0/s1. The first-order valence-corrected chi connectivity index (χ1v) is 7.47. The van der Waals surface area contributed by atoms with Crippen LogP contribution in [0.15, 0.2) is 18.2 Å². The van der Waals surface area contributed by atoms with E-state index in [4.69, 9.17) is 0 Å². The van der Waals surface area contributed by atoms with Crippen molar-refractivity contribution in [1.82, 2.24) is 4.90 Å². The summed E-state index contributed by atoms with van der Waals surface area (Å²) in [6.07, 6.45) is 0.417. The monoisotopic (exact) mass is 313 g/mol. The van der Waals surface area contributed by atoms with Gasteiger partial charge in [-0.2, -0.15) is 0 Å². The van der Waals surface area contributed by atoms with E-state index in [1.165, 1.54) is 12.1 Å². The van der Waals surface area contributed by atoms with Crippen molar-refractivity contribution in [2.45, 2.75) is 38.8 Å². The van der Waals surface area contributed by atoms with Crippen LogP contribution in [0.5, 0.6) is 0 Å². The topological polar surface area (TPSA) is 60.8 Å². The number of halogens is 2. The fraction of sp³-hybridized carbons (Fsp3) is 0.562. The number of aliphatic carboxylic acids is 1. The van der Waals surface area contributed by atoms with Gasteiger partial charge in [0.25, 0.3) is 0 Å². The van der Waals surface area contributed by atoms with Crippen LogP contribution in [0.3, 0.4) is 0 Å². The summed E-state index contributed by atoms with van der Waals surface area (Å²) < 4.78 is 26.6. The predicted octanol–water partition coefficient (Wildman–Crippen LogP) is 2.40. The molecule has 122 valence electrons. The molecular weight excluding hydrogens is 292 g/mol. The summed E-state index contributed by atoms with van der Waals surface area (Å²) in [5, 5.41) is 19.8. The summed E-state index contributed by atoms with van der Waals surface area (Å²) in [4.78, 5) is 13.4. The number of rotatable bonds is 5. The molecule has 1 fully saturated rings. The van der Waals surface area contributed by atoms with E-state index in [1.807, 2.05) is 6.92 Å². The average Bonchev–Trinajstić information content (AvgIpc) is 2.45. The maximum Gasteiger partial charge on any atom is 0.312 e. The molecule has 1 heterocycles. The Hall–Kier alpha value is -1.53. The summed E-state index contributed by atoms with van der Waals surface area (Å²) in [5.41, 5.74) is -0.779. The highest BCUT2D eigenvalue weighted by Gasteiger charge is 2.47. The van der Waals surface area contributed by atoms with Gasteiger partial charge in [0.1, 0.15) is 11.6 Å². The Morgan fingerprint density at radius 2 is 2.18 bits per heavy atom. The highest BCUT2D eigenvalue weighted by Crippen LogP contribution is 2.37. The van der Waals surface area contributed by atoms with Gasteiger partial charge in [0.15, 0.2) is 0 Å². The number of carboxylic acids is 1. The first kappa shape index (κ1) is 16.8. The zero-order chi connectivity index (χ0) is 16.3. The molecule has 22 heavy (non-hydrogen) atoms. The molecule has 1 unspecified atom stereocenters. The van der Waals surface area contributed by atoms with Crippen LogP contribution in [0.25, 0.3) is 0 Å². The van der Waals surface area contributed by atoms with Crippen LogP contribution in [0, 0.1) is 17.0 Å². The Bertz CT molecular complexity index is 552. The van der Waals surface area contributed by atoms with Gasteiger partial charge in [0.05, 0.1) is 11.5 Å². The summed E-state index contributed by atoms with van der Waals surface area (Å²) in [5.74, 6) is -2.24. The fourth-order valence-corrected chi connectivity index (χ4v) is 3.16. The smallest absolute Gasteiger partial charge is 0.312 e. The molecule has 1 aromatic rings. The summed E-state index contributed by atoms with van der Waals surface area (Å²) in [6.45, 7) is 2.74. The van der Waals surface area contributed by atoms with Crippen LogP contribution in [0.1, 0.15) is 31.7 Å². The highest BCUT2D eigenvalue weighted by molar-refractivity contribution is 5.75. The zero-order valence-corrected chi connectivity index (χ0v) is 12.6. The van der Waals surface area contributed by atoms with Crippen LogP contribution in [0.4, 0.5) is 8.78 Å². The van der Waals surface area contributed by atoms with Crippen molar-refractivity contribution >= 4 is 5.97 Å². The first-order valence-electron chi connectivity index (χ1n) is 7.47. The van der Waals surface area contributed by atoms with Gasteiger partial charge in [-0.3, -0.25) is 9.69 Å². The highest BCUT2D eigenvalue weighted by atomic mass is 19.1. The lowest BCUT2D eigenvalue weighted by atomic mass is 9.73. The first-order chi connectivity index (χ1) is 10.4. The molecule has 0 bridgehead atoms. The Balaban J connectivity index is 2.07. The van der Waals surface area contributed by atoms with E-state index in [9.17, 15) is 23.8 Å². The van der Waals surface area contributed by atoms with Crippen molar-refractivity contribution in [2.24, 2.45) is 5.41 Å². The SMILES string of the molecule is CCC[C@]1(C(=O)O)CCN(Cc2ccc(F)cc2F)CC1O. The molecule has 2 N–H and O–H groups in total. The van der Waals surface area contributed by atoms with Crippen molar-refractivity contribution in [3.05, 3.63) is 35.4 Å². The Morgan fingerprint density at radius 3 is 2.73 bits per heavy atom. The molecule has 0 saturated carbocycles. The maximum atomic E-state index is 13.7. The minimum absolute atomic E-state index is 0.170. The molecular formula is C16H21F2NO3. The number of benzene rings is 1. The van der Waals surface area contributed by atoms with Crippen LogP contribution < -0.4 is 0 Å². The normalized spacial score (nSPS) is 26.1. The van der Waals surface area contributed by atoms with E-state index >= 15 is 0 Å². The lowest BCUT2D eigenvalue weighted by molar-refractivity contribution is -0.164. The van der Waals surface area contributed by atoms with E-state index in [2.05, 4.69) is 0 Å². The second-order valence-electron chi connectivity index (χ2n) is 5.95. The van der Waals surface area contributed by atoms with Gasteiger partial charge in [0, 0.05) is 24.7 Å². The molecule has 1 aliphatic heterocycles. The van der Waals surface area contributed by atoms with Crippen molar-refractivity contribution in [2.75, 3.05) is 13.1 Å². The quantitative estimate of drug-likeness (QED) is 0.876. The van der Waals surface area contributed by atoms with Gasteiger partial charge in [0.2, 0.25) is 0 Å². The molecule has 1 aliphatic rings. The van der Waals surface area contributed by atoms with Crippen LogP contribution in [-0.4, -0.2) is 40.3 Å². The molecule has 2 atom stereocenters. The minimum Gasteiger partial charge on any atom is -0.481 e. The number of carboxylic acid groups (broad SMARTS) is 1. The number of aliphatic hydroxyl groups is 1. The molecule has 0 radical (unpaired) electrons. The molecule has 1 aromatic carbocycles. The van der Waals surface area contributed by atoms with E-state index in [0.29, 0.717) is 31.4 Å². The molecule has 0 aromatic heterocycles. The number of aliphatic hydroxyl groups excluding tert-OH is 1. The Labute approximate surface area is 128 Å². The lowest BCUT2D eigenvalue weighted by Crippen LogP contribution is -2.54. The molecule has 2 rings (SSSR count). The Kier molecular flexibility index (Phi) is 5.13. The van der Waals surface area contributed by atoms with Crippen LogP contribution in [0.2, 0.25) is 0 Å². The number of likely N-dealkylation sites (tertiary alicyclic amines) is 1. The van der Waals surface area contributed by atoms with Gasteiger partial charge >= 0.3 is 5.97 Å². The summed E-state index contributed by atoms with van der Waals surface area (Å²) in [6, 6.07) is 3.40. The van der Waals surface area contributed by atoms with E-state index in [1.54, 1.807) is 4.90 Å². The molecule has 0 spiro atoms. The molecule has 4 nitrogen and oxygen atoms in total. The summed E-state index contributed by atoms with van der Waals surface area (Å²) >= 11 is 0.